The van der Waals surface area contributed by atoms with Gasteiger partial charge in [-0.3, -0.25) is 9.78 Å². The van der Waals surface area contributed by atoms with E-state index in [1.165, 1.54) is 11.5 Å². The summed E-state index contributed by atoms with van der Waals surface area (Å²) in [4.78, 5) is 16.6. The fourth-order valence-corrected chi connectivity index (χ4v) is 1.92. The van der Waals surface area contributed by atoms with Gasteiger partial charge in [0.1, 0.15) is 4.88 Å². The predicted molar refractivity (Wildman–Crippen MR) is 67.0 cm³/mol. The normalized spacial score (nSPS) is 12.1. The Balaban J connectivity index is 2.04. The summed E-state index contributed by atoms with van der Waals surface area (Å²) < 4.78 is 3.90. The van der Waals surface area contributed by atoms with E-state index in [2.05, 4.69) is 14.7 Å². The molecule has 2 rings (SSSR count). The molecular weight excluding hydrogens is 234 g/mol. The third-order valence-electron chi connectivity index (χ3n) is 2.44. The average Bonchev–Trinajstić information content (AvgIpc) is 2.83. The van der Waals surface area contributed by atoms with Gasteiger partial charge in [-0.25, -0.2) is 4.37 Å². The summed E-state index contributed by atoms with van der Waals surface area (Å²) in [6, 6.07) is 5.56. The van der Waals surface area contributed by atoms with Gasteiger partial charge in [-0.1, -0.05) is 6.07 Å². The van der Waals surface area contributed by atoms with Crippen molar-refractivity contribution in [2.75, 3.05) is 0 Å². The van der Waals surface area contributed by atoms with Gasteiger partial charge >= 0.3 is 0 Å². The van der Waals surface area contributed by atoms with E-state index in [0.717, 1.165) is 11.3 Å². The van der Waals surface area contributed by atoms with Crippen LogP contribution in [0.2, 0.25) is 0 Å². The van der Waals surface area contributed by atoms with Gasteiger partial charge < -0.3 is 5.32 Å². The third kappa shape index (κ3) is 2.88. The van der Waals surface area contributed by atoms with E-state index in [9.17, 15) is 4.79 Å². The molecule has 0 aliphatic rings. The molecule has 4 nitrogen and oxygen atoms in total. The van der Waals surface area contributed by atoms with Crippen molar-refractivity contribution in [2.45, 2.75) is 19.9 Å². The fraction of sp³-hybridized carbons (Fsp3) is 0.250. The lowest BCUT2D eigenvalue weighted by Crippen LogP contribution is -2.25. The number of pyridine rings is 1. The molecule has 1 N–H and O–H groups in total. The van der Waals surface area contributed by atoms with E-state index >= 15 is 0 Å². The van der Waals surface area contributed by atoms with Crippen LogP contribution in [0.3, 0.4) is 0 Å². The Labute approximate surface area is 104 Å². The van der Waals surface area contributed by atoms with Crippen molar-refractivity contribution >= 4 is 17.4 Å². The van der Waals surface area contributed by atoms with Gasteiger partial charge in [-0.15, -0.1) is 0 Å². The number of hydrogen-bond acceptors (Lipinski definition) is 4. The summed E-state index contributed by atoms with van der Waals surface area (Å²) in [7, 11) is 0. The van der Waals surface area contributed by atoms with Gasteiger partial charge in [-0.2, -0.15) is 0 Å². The van der Waals surface area contributed by atoms with Crippen LogP contribution in [0.5, 0.6) is 0 Å². The van der Waals surface area contributed by atoms with Crippen LogP contribution in [-0.2, 0) is 0 Å². The monoisotopic (exact) mass is 247 g/mol. The molecule has 0 radical (unpaired) electrons. The number of aromatic nitrogens is 2. The lowest BCUT2D eigenvalue weighted by Gasteiger charge is -2.13. The Hall–Kier alpha value is -1.75. The summed E-state index contributed by atoms with van der Waals surface area (Å²) in [6.45, 7) is 3.87. The van der Waals surface area contributed by atoms with Gasteiger partial charge in [0.05, 0.1) is 6.04 Å². The van der Waals surface area contributed by atoms with Crippen molar-refractivity contribution in [1.82, 2.24) is 14.7 Å². The largest absolute Gasteiger partial charge is 0.345 e. The van der Waals surface area contributed by atoms with Gasteiger partial charge in [0.25, 0.3) is 5.91 Å². The molecular formula is C12H13N3OS. The van der Waals surface area contributed by atoms with Gasteiger partial charge in [0.15, 0.2) is 0 Å². The first-order valence-corrected chi connectivity index (χ1v) is 6.08. The maximum Gasteiger partial charge on any atom is 0.263 e. The topological polar surface area (TPSA) is 54.9 Å². The van der Waals surface area contributed by atoms with Gasteiger partial charge in [-0.05, 0) is 43.1 Å². The van der Waals surface area contributed by atoms with Crippen LogP contribution >= 0.6 is 11.5 Å². The Bertz CT molecular complexity index is 493. The standard InChI is InChI=1S/C12H13N3OS/c1-8-3-4-10(7-13-8)9(2)15-12(16)11-5-6-14-17-11/h3-7,9H,1-2H3,(H,15,16). The average molecular weight is 247 g/mol. The Morgan fingerprint density at radius 2 is 2.24 bits per heavy atom. The molecule has 0 saturated heterocycles. The van der Waals surface area contributed by atoms with Crippen LogP contribution in [0.25, 0.3) is 0 Å². The van der Waals surface area contributed by atoms with E-state index in [1.807, 2.05) is 26.0 Å². The molecule has 2 aromatic heterocycles. The van der Waals surface area contributed by atoms with Crippen molar-refractivity contribution in [2.24, 2.45) is 0 Å². The van der Waals surface area contributed by atoms with Crippen molar-refractivity contribution in [3.63, 3.8) is 0 Å². The quantitative estimate of drug-likeness (QED) is 0.905. The molecule has 5 heteroatoms. The summed E-state index contributed by atoms with van der Waals surface area (Å²) in [5.74, 6) is -0.0967. The Kier molecular flexibility index (Phi) is 3.49. The second kappa shape index (κ2) is 5.05. The first kappa shape index (κ1) is 11.7. The molecule has 0 saturated carbocycles. The molecule has 1 amide bonds. The molecule has 0 aromatic carbocycles. The number of aryl methyl sites for hydroxylation is 1. The highest BCUT2D eigenvalue weighted by molar-refractivity contribution is 7.08. The predicted octanol–water partition coefficient (Wildman–Crippen LogP) is 2.34. The number of hydrogen-bond donors (Lipinski definition) is 1. The first-order chi connectivity index (χ1) is 8.16. The summed E-state index contributed by atoms with van der Waals surface area (Å²) in [6.07, 6.45) is 3.41. The van der Waals surface area contributed by atoms with Crippen LogP contribution in [0.1, 0.15) is 33.9 Å². The summed E-state index contributed by atoms with van der Waals surface area (Å²) >= 11 is 1.19. The zero-order valence-corrected chi connectivity index (χ0v) is 10.5. The van der Waals surface area contributed by atoms with Gasteiger partial charge in [0.2, 0.25) is 0 Å². The second-order valence-corrected chi connectivity index (χ2v) is 4.64. The van der Waals surface area contributed by atoms with Crippen LogP contribution in [0.15, 0.2) is 30.6 Å². The zero-order chi connectivity index (χ0) is 12.3. The molecule has 0 aliphatic carbocycles. The molecule has 17 heavy (non-hydrogen) atoms. The minimum atomic E-state index is -0.0967. The van der Waals surface area contributed by atoms with Crippen LogP contribution in [-0.4, -0.2) is 15.3 Å². The molecule has 0 aliphatic heterocycles. The maximum atomic E-state index is 11.8. The molecule has 0 spiro atoms. The van der Waals surface area contributed by atoms with E-state index in [1.54, 1.807) is 18.5 Å². The van der Waals surface area contributed by atoms with Crippen LogP contribution < -0.4 is 5.32 Å². The van der Waals surface area contributed by atoms with Crippen LogP contribution in [0, 0.1) is 6.92 Å². The third-order valence-corrected chi connectivity index (χ3v) is 3.19. The lowest BCUT2D eigenvalue weighted by atomic mass is 10.1. The number of nitrogens with one attached hydrogen (secondary N) is 1. The lowest BCUT2D eigenvalue weighted by molar-refractivity contribution is 0.0944. The molecule has 1 unspecified atom stereocenters. The number of carbonyl (C=O) groups is 1. The smallest absolute Gasteiger partial charge is 0.263 e. The number of rotatable bonds is 3. The molecule has 2 aromatic rings. The Morgan fingerprint density at radius 1 is 1.41 bits per heavy atom. The fourth-order valence-electron chi connectivity index (χ4n) is 1.42. The molecule has 2 heterocycles. The number of amides is 1. The second-order valence-electron chi connectivity index (χ2n) is 3.80. The highest BCUT2D eigenvalue weighted by Crippen LogP contribution is 2.13. The van der Waals surface area contributed by atoms with Gasteiger partial charge in [0, 0.05) is 18.1 Å². The highest BCUT2D eigenvalue weighted by atomic mass is 32.1. The maximum absolute atomic E-state index is 11.8. The molecule has 1 atom stereocenters. The van der Waals surface area contributed by atoms with Crippen molar-refractivity contribution in [3.05, 3.63) is 46.7 Å². The first-order valence-electron chi connectivity index (χ1n) is 5.31. The van der Waals surface area contributed by atoms with E-state index < -0.39 is 0 Å². The highest BCUT2D eigenvalue weighted by Gasteiger charge is 2.12. The minimum Gasteiger partial charge on any atom is -0.345 e. The summed E-state index contributed by atoms with van der Waals surface area (Å²) in [5.41, 5.74) is 1.96. The summed E-state index contributed by atoms with van der Waals surface area (Å²) in [5, 5.41) is 2.91. The minimum absolute atomic E-state index is 0.0577. The molecule has 0 bridgehead atoms. The van der Waals surface area contributed by atoms with E-state index in [4.69, 9.17) is 0 Å². The number of carbonyl (C=O) groups excluding carboxylic acids is 1. The zero-order valence-electron chi connectivity index (χ0n) is 9.68. The SMILES string of the molecule is Cc1ccc(C(C)NC(=O)c2ccns2)cn1. The van der Waals surface area contributed by atoms with Crippen LogP contribution in [0.4, 0.5) is 0 Å². The van der Waals surface area contributed by atoms with Crippen molar-refractivity contribution in [1.29, 1.82) is 0 Å². The van der Waals surface area contributed by atoms with E-state index in [-0.39, 0.29) is 11.9 Å². The molecule has 0 fully saturated rings. The Morgan fingerprint density at radius 3 is 2.82 bits per heavy atom. The number of nitrogens with zero attached hydrogens (tertiary/aromatic N) is 2. The van der Waals surface area contributed by atoms with Crippen molar-refractivity contribution < 1.29 is 4.79 Å². The molecule has 88 valence electrons. The van der Waals surface area contributed by atoms with Crippen molar-refractivity contribution in [3.8, 4) is 0 Å². The van der Waals surface area contributed by atoms with E-state index in [0.29, 0.717) is 4.88 Å².